The third-order valence-electron chi connectivity index (χ3n) is 12.5. The molecule has 0 N–H and O–H groups in total. The van der Waals surface area contributed by atoms with Gasteiger partial charge in [0.2, 0.25) is 12.4 Å². The van der Waals surface area contributed by atoms with E-state index in [1.54, 1.807) is 127 Å². The van der Waals surface area contributed by atoms with E-state index in [1.807, 2.05) is 0 Å². The van der Waals surface area contributed by atoms with Crippen LogP contribution in [-0.4, -0.2) is 110 Å². The molecule has 0 aromatic heterocycles. The quantitative estimate of drug-likeness (QED) is 0.0616. The van der Waals surface area contributed by atoms with Gasteiger partial charge in [-0.05, 0) is 91.9 Å². The molecule has 78 heavy (non-hydrogen) atoms. The van der Waals surface area contributed by atoms with Crippen LogP contribution in [0.1, 0.15) is 79.4 Å². The van der Waals surface area contributed by atoms with Crippen molar-refractivity contribution in [1.29, 1.82) is 0 Å². The van der Waals surface area contributed by atoms with Crippen LogP contribution < -0.4 is 0 Å². The minimum Gasteiger partial charge on any atom is -0.459 e. The van der Waals surface area contributed by atoms with Gasteiger partial charge >= 0.3 is 41.8 Å². The summed E-state index contributed by atoms with van der Waals surface area (Å²) in [6, 6.07) is 54.9. The van der Waals surface area contributed by atoms with Gasteiger partial charge in [-0.25, -0.2) is 33.6 Å². The third kappa shape index (κ3) is 13.2. The molecule has 2 heterocycles. The van der Waals surface area contributed by atoms with Gasteiger partial charge in [0.25, 0.3) is 0 Å². The molecule has 0 radical (unpaired) electrons. The van der Waals surface area contributed by atoms with E-state index in [4.69, 9.17) is 47.4 Å². The summed E-state index contributed by atoms with van der Waals surface area (Å²) in [7, 11) is 0. The fourth-order valence-electron chi connectivity index (χ4n) is 8.58. The van der Waals surface area contributed by atoms with E-state index in [1.165, 1.54) is 91.9 Å². The minimum absolute atomic E-state index is 0.0222. The van der Waals surface area contributed by atoms with E-state index in [2.05, 4.69) is 0 Å². The SMILES string of the molecule is C[C@H]1O[C@@H](O[C@H]2[C@H](OC(=O)c3ccccc3)[C@H](OC(=O)c3ccccc3)[C@@H](OC(=O)c3ccccc3)O[C@@H]2COC(=O)c2ccccc2)[C@H](OC(=O)c2ccccc2)[C@@H](OC(=O)c2ccccc2)[C@H]1OC(=O)c1ccccc1. The maximum Gasteiger partial charge on any atom is 0.340 e. The zero-order valence-corrected chi connectivity index (χ0v) is 41.6. The van der Waals surface area contributed by atoms with Gasteiger partial charge in [0, 0.05) is 0 Å². The summed E-state index contributed by atoms with van der Waals surface area (Å²) in [6.07, 6.45) is -17.5. The average molecular weight is 1060 g/mol. The second kappa shape index (κ2) is 25.5. The third-order valence-corrected chi connectivity index (χ3v) is 12.5. The minimum atomic E-state index is -1.93. The second-order valence-corrected chi connectivity index (χ2v) is 17.8. The number of ether oxygens (including phenoxy) is 10. The monoisotopic (exact) mass is 1050 g/mol. The number of carbonyl (C=O) groups excluding carboxylic acids is 7. The van der Waals surface area contributed by atoms with Gasteiger partial charge < -0.3 is 47.4 Å². The topological polar surface area (TPSA) is 212 Å². The summed E-state index contributed by atoms with van der Waals surface area (Å²) in [5, 5.41) is 0. The zero-order chi connectivity index (χ0) is 54.4. The summed E-state index contributed by atoms with van der Waals surface area (Å²) in [4.78, 5) is 99.1. The Morgan fingerprint density at radius 1 is 0.308 bits per heavy atom. The van der Waals surface area contributed by atoms with Crippen molar-refractivity contribution in [3.05, 3.63) is 251 Å². The Hall–Kier alpha value is -9.29. The number of esters is 7. The van der Waals surface area contributed by atoms with Gasteiger partial charge in [0.1, 0.15) is 18.8 Å². The van der Waals surface area contributed by atoms with Crippen LogP contribution in [0.4, 0.5) is 0 Å². The van der Waals surface area contributed by atoms with Crippen molar-refractivity contribution in [1.82, 2.24) is 0 Å². The molecule has 396 valence electrons. The Balaban J connectivity index is 1.18. The van der Waals surface area contributed by atoms with Crippen LogP contribution in [0, 0.1) is 0 Å². The van der Waals surface area contributed by atoms with Crippen molar-refractivity contribution >= 4 is 41.8 Å². The lowest BCUT2D eigenvalue weighted by Crippen LogP contribution is -2.67. The van der Waals surface area contributed by atoms with E-state index >= 15 is 0 Å². The summed E-state index contributed by atoms with van der Waals surface area (Å²) in [6.45, 7) is 0.766. The molecule has 0 unspecified atom stereocenters. The maximum absolute atomic E-state index is 14.5. The molecule has 0 saturated carbocycles. The van der Waals surface area contributed by atoms with Crippen LogP contribution in [-0.2, 0) is 47.4 Å². The first-order valence-electron chi connectivity index (χ1n) is 24.8. The first-order chi connectivity index (χ1) is 38.0. The molecule has 10 atom stereocenters. The molecule has 0 bridgehead atoms. The molecule has 7 aromatic carbocycles. The summed E-state index contributed by atoms with van der Waals surface area (Å²) >= 11 is 0. The van der Waals surface area contributed by atoms with Crippen molar-refractivity contribution in [2.24, 2.45) is 0 Å². The first kappa shape index (κ1) is 53.5. The molecule has 2 fully saturated rings. The van der Waals surface area contributed by atoms with Gasteiger partial charge in [0.05, 0.1) is 45.0 Å². The highest BCUT2D eigenvalue weighted by molar-refractivity contribution is 5.93. The standard InChI is InChI=1S/C61H50O17/c1-38-47(72-54(63)40-25-11-3-12-26-40)49(73-55(64)41-27-13-4-14-28-41)51(75-57(66)43-31-17-6-18-32-43)60(70-38)77-48-46(37-69-53(62)39-23-9-2-10-24-39)71-61(78-59(68)45-35-21-8-22-36-45)52(76-58(67)44-33-19-7-20-34-44)50(48)74-56(65)42-29-15-5-16-30-42/h2-36,38,46-52,60-61H,37H2,1H3/t38-,46-,47+,48-,49+,50+,51-,52+,60+,61-/m1/s1. The van der Waals surface area contributed by atoms with Gasteiger partial charge in [0.15, 0.2) is 30.7 Å². The van der Waals surface area contributed by atoms with Gasteiger partial charge in [-0.2, -0.15) is 0 Å². The van der Waals surface area contributed by atoms with E-state index in [-0.39, 0.29) is 38.9 Å². The molecule has 2 aliphatic heterocycles. The van der Waals surface area contributed by atoms with Crippen LogP contribution >= 0.6 is 0 Å². The Morgan fingerprint density at radius 3 is 0.923 bits per heavy atom. The lowest BCUT2D eigenvalue weighted by Gasteiger charge is -2.48. The van der Waals surface area contributed by atoms with Crippen molar-refractivity contribution in [2.75, 3.05) is 6.61 Å². The molecule has 0 aliphatic carbocycles. The van der Waals surface area contributed by atoms with Gasteiger partial charge in [-0.15, -0.1) is 0 Å². The molecule has 9 rings (SSSR count). The van der Waals surface area contributed by atoms with Crippen LogP contribution in [0.5, 0.6) is 0 Å². The fraction of sp³-hybridized carbons (Fsp3) is 0.197. The lowest BCUT2D eigenvalue weighted by molar-refractivity contribution is -0.348. The maximum atomic E-state index is 14.5. The van der Waals surface area contributed by atoms with Crippen molar-refractivity contribution in [3.8, 4) is 0 Å². The second-order valence-electron chi connectivity index (χ2n) is 17.8. The Morgan fingerprint density at radius 2 is 0.577 bits per heavy atom. The molecule has 17 nitrogen and oxygen atoms in total. The molecule has 17 heteroatoms. The molecule has 0 amide bonds. The molecule has 7 aromatic rings. The number of hydrogen-bond donors (Lipinski definition) is 0. The van der Waals surface area contributed by atoms with Gasteiger partial charge in [-0.3, -0.25) is 0 Å². The van der Waals surface area contributed by atoms with Crippen LogP contribution in [0.15, 0.2) is 212 Å². The van der Waals surface area contributed by atoms with Crippen molar-refractivity contribution in [2.45, 2.75) is 68.3 Å². The predicted octanol–water partition coefficient (Wildman–Crippen LogP) is 8.68. The molecule has 0 spiro atoms. The van der Waals surface area contributed by atoms with Crippen molar-refractivity contribution < 1.29 is 80.9 Å². The lowest BCUT2D eigenvalue weighted by atomic mass is 9.96. The molecule has 2 saturated heterocycles. The average Bonchev–Trinajstić information content (AvgIpc) is 3.59. The zero-order valence-electron chi connectivity index (χ0n) is 41.6. The highest BCUT2D eigenvalue weighted by atomic mass is 16.8. The normalized spacial score (nSPS) is 22.5. The summed E-state index contributed by atoms with van der Waals surface area (Å²) in [5.41, 5.74) is 0.491. The van der Waals surface area contributed by atoms with E-state index < -0.39 is 110 Å². The molecule has 2 aliphatic rings. The van der Waals surface area contributed by atoms with Crippen molar-refractivity contribution in [3.63, 3.8) is 0 Å². The number of hydrogen-bond acceptors (Lipinski definition) is 17. The van der Waals surface area contributed by atoms with E-state index in [9.17, 15) is 33.6 Å². The number of rotatable bonds is 17. The Bertz CT molecular complexity index is 3150. The highest BCUT2D eigenvalue weighted by Gasteiger charge is 2.58. The van der Waals surface area contributed by atoms with E-state index in [0.717, 1.165) is 0 Å². The Labute approximate surface area is 447 Å². The first-order valence-corrected chi connectivity index (χ1v) is 24.8. The fourth-order valence-corrected chi connectivity index (χ4v) is 8.58. The molecular formula is C61H50O17. The largest absolute Gasteiger partial charge is 0.459 e. The summed E-state index contributed by atoms with van der Waals surface area (Å²) in [5.74, 6) is -6.50. The van der Waals surface area contributed by atoms with Crippen LogP contribution in [0.3, 0.4) is 0 Å². The highest BCUT2D eigenvalue weighted by Crippen LogP contribution is 2.37. The van der Waals surface area contributed by atoms with Gasteiger partial charge in [-0.1, -0.05) is 127 Å². The summed E-state index contributed by atoms with van der Waals surface area (Å²) < 4.78 is 62.9. The smallest absolute Gasteiger partial charge is 0.340 e. The number of carbonyl (C=O) groups is 7. The number of benzene rings is 7. The predicted molar refractivity (Wildman–Crippen MR) is 275 cm³/mol. The Kier molecular flexibility index (Phi) is 17.5. The van der Waals surface area contributed by atoms with Crippen LogP contribution in [0.2, 0.25) is 0 Å². The van der Waals surface area contributed by atoms with E-state index in [0.29, 0.717) is 0 Å². The molecular weight excluding hydrogens is 1000 g/mol. The van der Waals surface area contributed by atoms with Crippen LogP contribution in [0.25, 0.3) is 0 Å².